The average Bonchev–Trinajstić information content (AvgIpc) is 2.75. The topological polar surface area (TPSA) is 49.9 Å². The fraction of sp³-hybridized carbons (Fsp3) is 0.652. The van der Waals surface area contributed by atoms with Crippen molar-refractivity contribution in [2.24, 2.45) is 0 Å². The minimum atomic E-state index is -0.394. The molecular formula is C23H32N2O3. The number of morpholine rings is 1. The van der Waals surface area contributed by atoms with Gasteiger partial charge in [0.05, 0.1) is 24.7 Å². The first-order chi connectivity index (χ1) is 13.6. The Morgan fingerprint density at radius 1 is 1.18 bits per heavy atom. The van der Waals surface area contributed by atoms with Crippen molar-refractivity contribution in [3.63, 3.8) is 0 Å². The van der Waals surface area contributed by atoms with Crippen LogP contribution < -0.4 is 0 Å². The van der Waals surface area contributed by atoms with Crippen molar-refractivity contribution >= 4 is 11.8 Å². The summed E-state index contributed by atoms with van der Waals surface area (Å²) in [6.45, 7) is 6.75. The van der Waals surface area contributed by atoms with Crippen LogP contribution >= 0.6 is 0 Å². The zero-order chi connectivity index (χ0) is 19.7. The first-order valence-corrected chi connectivity index (χ1v) is 10.9. The van der Waals surface area contributed by atoms with Crippen LogP contribution in [0.4, 0.5) is 0 Å². The third-order valence-electron chi connectivity index (χ3n) is 7.06. The van der Waals surface area contributed by atoms with Crippen LogP contribution in [-0.2, 0) is 9.53 Å². The highest BCUT2D eigenvalue weighted by Gasteiger charge is 2.56. The molecule has 3 aliphatic rings. The maximum absolute atomic E-state index is 13.9. The summed E-state index contributed by atoms with van der Waals surface area (Å²) in [5.41, 5.74) is 1.25. The van der Waals surface area contributed by atoms with Crippen molar-refractivity contribution in [3.8, 4) is 0 Å². The van der Waals surface area contributed by atoms with Crippen molar-refractivity contribution < 1.29 is 14.3 Å². The van der Waals surface area contributed by atoms with Crippen LogP contribution in [0.25, 0.3) is 0 Å². The monoisotopic (exact) mass is 384 g/mol. The van der Waals surface area contributed by atoms with Gasteiger partial charge < -0.3 is 14.5 Å². The lowest BCUT2D eigenvalue weighted by molar-refractivity contribution is -0.142. The molecule has 0 N–H and O–H groups in total. The molecule has 1 saturated heterocycles. The molecule has 152 valence electrons. The summed E-state index contributed by atoms with van der Waals surface area (Å²) in [6.07, 6.45) is 6.07. The molecule has 1 aromatic rings. The number of fused-ring (bicyclic) bond motifs is 1. The number of benzene rings is 1. The third kappa shape index (κ3) is 3.04. The Morgan fingerprint density at radius 2 is 1.86 bits per heavy atom. The van der Waals surface area contributed by atoms with E-state index in [4.69, 9.17) is 4.74 Å². The van der Waals surface area contributed by atoms with Crippen molar-refractivity contribution in [2.45, 2.75) is 69.9 Å². The summed E-state index contributed by atoms with van der Waals surface area (Å²) < 4.78 is 5.48. The molecule has 0 aromatic heterocycles. The number of rotatable bonds is 3. The molecular weight excluding hydrogens is 352 g/mol. The molecule has 1 aromatic carbocycles. The Hall–Kier alpha value is -1.88. The van der Waals surface area contributed by atoms with E-state index in [1.54, 1.807) is 0 Å². The smallest absolute Gasteiger partial charge is 0.254 e. The van der Waals surface area contributed by atoms with E-state index >= 15 is 0 Å². The lowest BCUT2D eigenvalue weighted by Gasteiger charge is -2.56. The highest BCUT2D eigenvalue weighted by Crippen LogP contribution is 2.50. The van der Waals surface area contributed by atoms with Crippen LogP contribution in [0.15, 0.2) is 24.3 Å². The van der Waals surface area contributed by atoms with E-state index in [2.05, 4.69) is 18.7 Å². The quantitative estimate of drug-likeness (QED) is 0.800. The molecule has 1 saturated carbocycles. The molecule has 5 nitrogen and oxygen atoms in total. The van der Waals surface area contributed by atoms with Gasteiger partial charge >= 0.3 is 0 Å². The van der Waals surface area contributed by atoms with E-state index in [0.29, 0.717) is 31.9 Å². The first kappa shape index (κ1) is 19.4. The van der Waals surface area contributed by atoms with Crippen molar-refractivity contribution in [3.05, 3.63) is 35.4 Å². The molecule has 0 bridgehead atoms. The number of hydrogen-bond acceptors (Lipinski definition) is 3. The number of carbonyl (C=O) groups excluding carboxylic acids is 2. The Bertz CT molecular complexity index is 735. The number of carbonyl (C=O) groups is 2. The van der Waals surface area contributed by atoms with Gasteiger partial charge in [-0.25, -0.2) is 0 Å². The van der Waals surface area contributed by atoms with E-state index in [-0.39, 0.29) is 23.8 Å². The Morgan fingerprint density at radius 3 is 2.54 bits per heavy atom. The lowest BCUT2D eigenvalue weighted by Crippen LogP contribution is -2.65. The van der Waals surface area contributed by atoms with Gasteiger partial charge in [0.1, 0.15) is 0 Å². The van der Waals surface area contributed by atoms with Gasteiger partial charge in [-0.3, -0.25) is 9.59 Å². The van der Waals surface area contributed by atoms with Crippen LogP contribution in [0.5, 0.6) is 0 Å². The van der Waals surface area contributed by atoms with Gasteiger partial charge in [-0.15, -0.1) is 0 Å². The largest absolute Gasteiger partial charge is 0.378 e. The Balaban J connectivity index is 1.86. The fourth-order valence-electron chi connectivity index (χ4n) is 5.55. The highest BCUT2D eigenvalue weighted by molar-refractivity contribution is 6.02. The van der Waals surface area contributed by atoms with E-state index in [0.717, 1.165) is 37.7 Å². The molecule has 0 radical (unpaired) electrons. The van der Waals surface area contributed by atoms with Crippen LogP contribution in [0.2, 0.25) is 0 Å². The van der Waals surface area contributed by atoms with Crippen LogP contribution in [0.1, 0.15) is 74.2 Å². The first-order valence-electron chi connectivity index (χ1n) is 10.9. The van der Waals surface area contributed by atoms with E-state index in [9.17, 15) is 9.59 Å². The van der Waals surface area contributed by atoms with E-state index in [1.807, 2.05) is 29.2 Å². The van der Waals surface area contributed by atoms with Crippen LogP contribution in [0.3, 0.4) is 0 Å². The van der Waals surface area contributed by atoms with Crippen molar-refractivity contribution in [1.29, 1.82) is 0 Å². The maximum atomic E-state index is 13.9. The number of nitrogens with zero attached hydrogens (tertiary/aromatic N) is 2. The predicted molar refractivity (Wildman–Crippen MR) is 108 cm³/mol. The van der Waals surface area contributed by atoms with Crippen molar-refractivity contribution in [1.82, 2.24) is 9.80 Å². The van der Waals surface area contributed by atoms with Gasteiger partial charge in [-0.1, -0.05) is 44.4 Å². The zero-order valence-corrected chi connectivity index (χ0v) is 17.2. The minimum Gasteiger partial charge on any atom is -0.378 e. The van der Waals surface area contributed by atoms with Gasteiger partial charge in [-0.2, -0.15) is 0 Å². The molecule has 2 heterocycles. The molecule has 4 rings (SSSR count). The second-order valence-corrected chi connectivity index (χ2v) is 8.55. The van der Waals surface area contributed by atoms with Gasteiger partial charge in [-0.05, 0) is 37.8 Å². The van der Waals surface area contributed by atoms with Gasteiger partial charge in [0.15, 0.2) is 0 Å². The van der Waals surface area contributed by atoms with Gasteiger partial charge in [0.2, 0.25) is 5.91 Å². The molecule has 1 spiro atoms. The highest BCUT2D eigenvalue weighted by atomic mass is 16.5. The summed E-state index contributed by atoms with van der Waals surface area (Å²) in [5, 5.41) is 0. The summed E-state index contributed by atoms with van der Waals surface area (Å²) in [4.78, 5) is 31.6. The molecule has 1 aliphatic carbocycles. The average molecular weight is 385 g/mol. The number of hydrogen-bond donors (Lipinski definition) is 0. The molecule has 5 heteroatoms. The molecule has 0 unspecified atom stereocenters. The lowest BCUT2D eigenvalue weighted by atomic mass is 9.64. The molecule has 2 fully saturated rings. The zero-order valence-electron chi connectivity index (χ0n) is 17.2. The maximum Gasteiger partial charge on any atom is 0.254 e. The molecule has 28 heavy (non-hydrogen) atoms. The molecule has 2 aliphatic heterocycles. The Labute approximate surface area is 168 Å². The summed E-state index contributed by atoms with van der Waals surface area (Å²) in [7, 11) is 0. The third-order valence-corrected chi connectivity index (χ3v) is 7.06. The van der Waals surface area contributed by atoms with Crippen LogP contribution in [-0.4, -0.2) is 59.5 Å². The number of amides is 2. The summed E-state index contributed by atoms with van der Waals surface area (Å²) in [5.74, 6) is 0.0186. The number of ether oxygens (including phenoxy) is 1. The van der Waals surface area contributed by atoms with E-state index in [1.165, 1.54) is 6.42 Å². The second kappa shape index (κ2) is 7.86. The fourth-order valence-corrected chi connectivity index (χ4v) is 5.55. The predicted octanol–water partition coefficient (Wildman–Crippen LogP) is 3.59. The SMILES string of the molecule is CC[C@H](C)N1C(=O)c2ccccc2[C@@H](C(=O)N2CCOCC2)C12CCCCC2. The Kier molecular flexibility index (Phi) is 5.46. The minimum absolute atomic E-state index is 0.109. The second-order valence-electron chi connectivity index (χ2n) is 8.55. The molecule has 2 atom stereocenters. The van der Waals surface area contributed by atoms with E-state index < -0.39 is 5.54 Å². The van der Waals surface area contributed by atoms with Gasteiger partial charge in [0.25, 0.3) is 5.91 Å². The molecule has 2 amide bonds. The van der Waals surface area contributed by atoms with Gasteiger partial charge in [0, 0.05) is 24.7 Å². The van der Waals surface area contributed by atoms with Crippen LogP contribution in [0, 0.1) is 0 Å². The summed E-state index contributed by atoms with van der Waals surface area (Å²) in [6, 6.07) is 7.93. The summed E-state index contributed by atoms with van der Waals surface area (Å²) >= 11 is 0. The normalized spacial score (nSPS) is 25.5. The standard InChI is InChI=1S/C23H32N2O3/c1-3-17(2)25-21(26)19-10-6-5-9-18(19)20(23(25)11-7-4-8-12-23)22(27)24-13-15-28-16-14-24/h5-6,9-10,17,20H,3-4,7-8,11-16H2,1-2H3/t17-,20-/m0/s1. The van der Waals surface area contributed by atoms with Crippen molar-refractivity contribution in [2.75, 3.05) is 26.3 Å².